The van der Waals surface area contributed by atoms with E-state index in [2.05, 4.69) is 16.5 Å². The van der Waals surface area contributed by atoms with Gasteiger partial charge in [-0.15, -0.1) is 0 Å². The molecule has 186 valence electrons. The molecule has 0 aliphatic heterocycles. The summed E-state index contributed by atoms with van der Waals surface area (Å²) in [7, 11) is 0. The van der Waals surface area contributed by atoms with E-state index in [0.717, 1.165) is 57.5 Å². The molecule has 8 heteroatoms. The Morgan fingerprint density at radius 2 is 1.84 bits per heavy atom. The summed E-state index contributed by atoms with van der Waals surface area (Å²) in [5, 5.41) is 18.3. The van der Waals surface area contributed by atoms with Crippen LogP contribution in [0.1, 0.15) is 17.5 Å². The minimum Gasteiger partial charge on any atom is -0.481 e. The van der Waals surface area contributed by atoms with E-state index in [0.29, 0.717) is 12.1 Å². The predicted octanol–water partition coefficient (Wildman–Crippen LogP) is 6.35. The first-order valence-electron chi connectivity index (χ1n) is 11.9. The van der Waals surface area contributed by atoms with Crippen LogP contribution in [0.4, 0.5) is 13.2 Å². The van der Waals surface area contributed by atoms with E-state index >= 15 is 0 Å². The largest absolute Gasteiger partial charge is 0.481 e. The van der Waals surface area contributed by atoms with Crippen LogP contribution >= 0.6 is 0 Å². The van der Waals surface area contributed by atoms with Crippen LogP contribution in [0.5, 0.6) is 0 Å². The number of halogens is 3. The summed E-state index contributed by atoms with van der Waals surface area (Å²) >= 11 is 0. The second kappa shape index (κ2) is 8.65. The number of fused-ring (bicyclic) bond motifs is 2. The van der Waals surface area contributed by atoms with Crippen LogP contribution in [-0.4, -0.2) is 20.9 Å². The lowest BCUT2D eigenvalue weighted by molar-refractivity contribution is -0.141. The number of hydrogen-bond donors (Lipinski definition) is 2. The predicted molar refractivity (Wildman–Crippen MR) is 134 cm³/mol. The summed E-state index contributed by atoms with van der Waals surface area (Å²) in [6.07, 6.45) is 2.07. The van der Waals surface area contributed by atoms with Crippen LogP contribution in [0.25, 0.3) is 27.7 Å². The van der Waals surface area contributed by atoms with Gasteiger partial charge in [0, 0.05) is 23.5 Å². The van der Waals surface area contributed by atoms with Crippen molar-refractivity contribution in [3.63, 3.8) is 0 Å². The lowest BCUT2D eigenvalue weighted by atomic mass is 9.80. The molecular formula is C29H22F3N3O2. The van der Waals surface area contributed by atoms with Crippen LogP contribution in [0.2, 0.25) is 0 Å². The van der Waals surface area contributed by atoms with Crippen LogP contribution in [0, 0.1) is 11.8 Å². The quantitative estimate of drug-likeness (QED) is 0.323. The fraction of sp³-hybridized carbons (Fsp3) is 0.172. The number of nitrogens with one attached hydrogen (secondary N) is 1. The molecule has 0 saturated carbocycles. The third-order valence-corrected chi connectivity index (χ3v) is 7.12. The zero-order chi connectivity index (χ0) is 25.7. The summed E-state index contributed by atoms with van der Waals surface area (Å²) in [4.78, 5) is 11.5. The first-order chi connectivity index (χ1) is 17.8. The number of aromatic nitrogens is 2. The Morgan fingerprint density at radius 1 is 1.05 bits per heavy atom. The normalized spacial score (nSPS) is 18.7. The number of aliphatic carboxylic acids is 1. The molecule has 6 rings (SSSR count). The summed E-state index contributed by atoms with van der Waals surface area (Å²) in [6.45, 7) is 0.549. The highest BCUT2D eigenvalue weighted by atomic mass is 19.4. The lowest BCUT2D eigenvalue weighted by Gasteiger charge is -2.25. The molecule has 3 aromatic carbocycles. The molecule has 1 unspecified atom stereocenters. The van der Waals surface area contributed by atoms with Crippen molar-refractivity contribution in [3.05, 3.63) is 107 Å². The number of rotatable bonds is 6. The molecule has 0 saturated heterocycles. The molecule has 2 atom stereocenters. The number of carboxylic acids is 1. The number of allylic oxidation sites excluding steroid dienone is 2. The maximum atomic E-state index is 12.9. The van der Waals surface area contributed by atoms with Gasteiger partial charge >= 0.3 is 12.1 Å². The van der Waals surface area contributed by atoms with Crippen molar-refractivity contribution in [1.82, 2.24) is 15.1 Å². The third-order valence-electron chi connectivity index (χ3n) is 7.12. The molecule has 0 spiro atoms. The van der Waals surface area contributed by atoms with E-state index in [9.17, 15) is 23.1 Å². The molecule has 0 radical (unpaired) electrons. The molecular weight excluding hydrogens is 479 g/mol. The Hall–Kier alpha value is -4.33. The van der Waals surface area contributed by atoms with E-state index in [4.69, 9.17) is 0 Å². The number of alkyl halides is 3. The first-order valence-corrected chi connectivity index (χ1v) is 11.9. The molecule has 2 aliphatic rings. The van der Waals surface area contributed by atoms with Crippen molar-refractivity contribution in [2.75, 3.05) is 0 Å². The van der Waals surface area contributed by atoms with Crippen molar-refractivity contribution in [1.29, 1.82) is 0 Å². The SMILES string of the molecule is O=C(O)C1C=C(NCc2cccc(-n3ncc4cc(-c5ccc(C(F)(F)F)cc5)ccc43)c2)C2=CC[C@H]21. The van der Waals surface area contributed by atoms with Gasteiger partial charge in [0.2, 0.25) is 0 Å². The van der Waals surface area contributed by atoms with Gasteiger partial charge in [0.25, 0.3) is 0 Å². The van der Waals surface area contributed by atoms with Crippen molar-refractivity contribution >= 4 is 16.9 Å². The van der Waals surface area contributed by atoms with Gasteiger partial charge in [0.1, 0.15) is 0 Å². The maximum Gasteiger partial charge on any atom is 0.416 e. The number of nitrogens with zero attached hydrogens (tertiary/aromatic N) is 2. The lowest BCUT2D eigenvalue weighted by Crippen LogP contribution is -2.24. The summed E-state index contributed by atoms with van der Waals surface area (Å²) in [5.74, 6) is -1.17. The fourth-order valence-electron chi connectivity index (χ4n) is 5.08. The number of carbonyl (C=O) groups is 1. The van der Waals surface area contributed by atoms with E-state index in [1.807, 2.05) is 53.2 Å². The molecule has 0 fully saturated rings. The molecule has 37 heavy (non-hydrogen) atoms. The molecule has 1 aromatic heterocycles. The van der Waals surface area contributed by atoms with Gasteiger partial charge in [-0.1, -0.05) is 36.4 Å². The van der Waals surface area contributed by atoms with Crippen molar-refractivity contribution < 1.29 is 23.1 Å². The van der Waals surface area contributed by atoms with Gasteiger partial charge in [0.05, 0.1) is 28.9 Å². The number of benzene rings is 3. The second-order valence-electron chi connectivity index (χ2n) is 9.37. The fourth-order valence-corrected chi connectivity index (χ4v) is 5.08. The second-order valence-corrected chi connectivity index (χ2v) is 9.37. The van der Waals surface area contributed by atoms with Crippen LogP contribution < -0.4 is 5.32 Å². The van der Waals surface area contributed by atoms with E-state index in [1.54, 1.807) is 6.20 Å². The van der Waals surface area contributed by atoms with Gasteiger partial charge in [-0.3, -0.25) is 4.79 Å². The third kappa shape index (κ3) is 4.18. The highest BCUT2D eigenvalue weighted by Crippen LogP contribution is 2.44. The zero-order valence-electron chi connectivity index (χ0n) is 19.5. The average molecular weight is 502 g/mol. The number of carboxylic acid groups (broad SMARTS) is 1. The van der Waals surface area contributed by atoms with Crippen molar-refractivity contribution in [2.24, 2.45) is 11.8 Å². The van der Waals surface area contributed by atoms with Gasteiger partial charge in [-0.25, -0.2) is 4.68 Å². The highest BCUT2D eigenvalue weighted by Gasteiger charge is 2.40. The Bertz CT molecular complexity index is 1580. The van der Waals surface area contributed by atoms with Crippen molar-refractivity contribution in [2.45, 2.75) is 19.1 Å². The Labute approximate surface area is 210 Å². The molecule has 2 N–H and O–H groups in total. The average Bonchev–Trinajstić information content (AvgIpc) is 3.39. The van der Waals surface area contributed by atoms with Crippen LogP contribution in [0.3, 0.4) is 0 Å². The van der Waals surface area contributed by atoms with E-state index < -0.39 is 23.6 Å². The molecule has 1 heterocycles. The van der Waals surface area contributed by atoms with Gasteiger partial charge in [0.15, 0.2) is 0 Å². The monoisotopic (exact) mass is 501 g/mol. The first kappa shape index (κ1) is 23.1. The maximum absolute atomic E-state index is 12.9. The molecule has 5 nitrogen and oxygen atoms in total. The molecule has 0 bridgehead atoms. The Morgan fingerprint density at radius 3 is 2.51 bits per heavy atom. The standard InChI is InChI=1S/C29H22F3N3O2/c30-29(31,32)21-7-4-18(5-8-21)19-6-11-27-20(13-19)16-34-35(27)22-3-1-2-17(12-22)15-33-26-14-25(28(36)37)23-9-10-24(23)26/h1-8,10-14,16,23,25,33H,9,15H2,(H,36,37)/t23-,25?/m1/s1. The van der Waals surface area contributed by atoms with Crippen LogP contribution in [-0.2, 0) is 17.5 Å². The van der Waals surface area contributed by atoms with Gasteiger partial charge in [-0.2, -0.15) is 18.3 Å². The zero-order valence-corrected chi connectivity index (χ0v) is 19.5. The van der Waals surface area contributed by atoms with E-state index in [1.165, 1.54) is 12.1 Å². The summed E-state index contributed by atoms with van der Waals surface area (Å²) in [6, 6.07) is 18.8. The van der Waals surface area contributed by atoms with Gasteiger partial charge < -0.3 is 10.4 Å². The van der Waals surface area contributed by atoms with E-state index in [-0.39, 0.29) is 5.92 Å². The van der Waals surface area contributed by atoms with Crippen molar-refractivity contribution in [3.8, 4) is 16.8 Å². The number of hydrogen-bond acceptors (Lipinski definition) is 3. The minimum atomic E-state index is -4.36. The van der Waals surface area contributed by atoms with Gasteiger partial charge in [-0.05, 0) is 71.2 Å². The minimum absolute atomic E-state index is 0.0780. The highest BCUT2D eigenvalue weighted by molar-refractivity contribution is 5.85. The topological polar surface area (TPSA) is 67.2 Å². The molecule has 0 amide bonds. The molecule has 2 aliphatic carbocycles. The summed E-state index contributed by atoms with van der Waals surface area (Å²) in [5.41, 5.74) is 5.61. The molecule has 4 aromatic rings. The Balaban J connectivity index is 1.22. The smallest absolute Gasteiger partial charge is 0.416 e. The summed E-state index contributed by atoms with van der Waals surface area (Å²) < 4.78 is 40.5. The Kier molecular flexibility index (Phi) is 5.40. The van der Waals surface area contributed by atoms with Crippen LogP contribution in [0.15, 0.2) is 96.3 Å².